The summed E-state index contributed by atoms with van der Waals surface area (Å²) in [7, 11) is 0.735. The molecule has 2 aromatic carbocycles. The Hall–Kier alpha value is -2.24. The summed E-state index contributed by atoms with van der Waals surface area (Å²) in [5.74, 6) is 0.610. The van der Waals surface area contributed by atoms with E-state index in [1.165, 1.54) is 0 Å². The number of aliphatic hydroxyl groups is 1. The van der Waals surface area contributed by atoms with Crippen LogP contribution in [-0.4, -0.2) is 34.5 Å². The standard InChI is InChI=1S/C24H32N4O2S/c1-16(2)21-11-18(14-25)12-22(19-7-8-19)23(21)13-24(29)27-31(26,30)20-9-5-17(6-10-20)15-28(3)4/h5-6,9-12,16,19,24,29H,7-8,13,15H2,1-4H3,(H2,26,27,30). The van der Waals surface area contributed by atoms with E-state index in [1.54, 1.807) is 12.1 Å². The molecule has 31 heavy (non-hydrogen) atoms. The Morgan fingerprint density at radius 1 is 1.26 bits per heavy atom. The van der Waals surface area contributed by atoms with E-state index >= 15 is 0 Å². The van der Waals surface area contributed by atoms with Crippen molar-refractivity contribution < 1.29 is 9.32 Å². The Bertz CT molecular complexity index is 1070. The molecule has 2 aromatic rings. The molecule has 3 rings (SSSR count). The SMILES string of the molecule is CC(C)c1cc(C#N)cc(C2CC2)c1CC(O)N=S(N)(=O)c1ccc(CN(C)C)cc1. The van der Waals surface area contributed by atoms with Crippen LogP contribution in [0.1, 0.15) is 66.3 Å². The van der Waals surface area contributed by atoms with Gasteiger partial charge in [0.05, 0.1) is 16.5 Å². The summed E-state index contributed by atoms with van der Waals surface area (Å²) in [6, 6.07) is 13.3. The highest BCUT2D eigenvalue weighted by Crippen LogP contribution is 2.44. The minimum atomic E-state index is -3.23. The van der Waals surface area contributed by atoms with Crippen molar-refractivity contribution in [1.29, 1.82) is 5.26 Å². The third-order valence-electron chi connectivity index (χ3n) is 5.51. The fourth-order valence-electron chi connectivity index (χ4n) is 3.91. The number of rotatable bonds is 8. The van der Waals surface area contributed by atoms with E-state index in [0.717, 1.165) is 41.6 Å². The number of benzene rings is 2. The fraction of sp³-hybridized carbons (Fsp3) is 0.458. The quantitative estimate of drug-likeness (QED) is 0.650. The zero-order valence-electron chi connectivity index (χ0n) is 18.7. The first kappa shape index (κ1) is 23.4. The van der Waals surface area contributed by atoms with Crippen molar-refractivity contribution in [3.63, 3.8) is 0 Å². The molecule has 6 nitrogen and oxygen atoms in total. The third-order valence-corrected chi connectivity index (χ3v) is 7.02. The normalized spacial score (nSPS) is 16.7. The average molecular weight is 441 g/mol. The van der Waals surface area contributed by atoms with Gasteiger partial charge in [0.15, 0.2) is 6.23 Å². The minimum Gasteiger partial charge on any atom is -0.371 e. The van der Waals surface area contributed by atoms with Gasteiger partial charge in [0, 0.05) is 13.0 Å². The van der Waals surface area contributed by atoms with Crippen LogP contribution in [0.2, 0.25) is 0 Å². The van der Waals surface area contributed by atoms with Crippen LogP contribution in [0.5, 0.6) is 0 Å². The fourth-order valence-corrected chi connectivity index (χ4v) is 4.99. The maximum atomic E-state index is 13.1. The summed E-state index contributed by atoms with van der Waals surface area (Å²) >= 11 is 0. The van der Waals surface area contributed by atoms with Gasteiger partial charge >= 0.3 is 0 Å². The largest absolute Gasteiger partial charge is 0.371 e. The van der Waals surface area contributed by atoms with Crippen molar-refractivity contribution in [2.45, 2.75) is 62.6 Å². The number of nitrogens with zero attached hydrogens (tertiary/aromatic N) is 3. The van der Waals surface area contributed by atoms with E-state index in [9.17, 15) is 14.6 Å². The van der Waals surface area contributed by atoms with Crippen LogP contribution in [0.25, 0.3) is 0 Å². The predicted octanol–water partition coefficient (Wildman–Crippen LogP) is 3.88. The molecule has 0 heterocycles. The topological polar surface area (TPSA) is 103 Å². The smallest absolute Gasteiger partial charge is 0.159 e. The van der Waals surface area contributed by atoms with Crippen LogP contribution in [0, 0.1) is 11.3 Å². The second-order valence-corrected chi connectivity index (χ2v) is 10.7. The van der Waals surface area contributed by atoms with Crippen LogP contribution < -0.4 is 5.14 Å². The lowest BCUT2D eigenvalue weighted by molar-refractivity contribution is 0.186. The summed E-state index contributed by atoms with van der Waals surface area (Å²) in [6.45, 7) is 4.91. The number of nitrogens with two attached hydrogens (primary N) is 1. The Morgan fingerprint density at radius 3 is 2.42 bits per heavy atom. The Balaban J connectivity index is 1.90. The molecule has 166 valence electrons. The monoisotopic (exact) mass is 440 g/mol. The second kappa shape index (κ2) is 9.49. The maximum Gasteiger partial charge on any atom is 0.159 e. The van der Waals surface area contributed by atoms with E-state index < -0.39 is 16.1 Å². The second-order valence-electron chi connectivity index (χ2n) is 8.91. The van der Waals surface area contributed by atoms with E-state index in [4.69, 9.17) is 5.14 Å². The summed E-state index contributed by atoms with van der Waals surface area (Å²) in [6.07, 6.45) is 1.21. The first-order chi connectivity index (χ1) is 14.6. The van der Waals surface area contributed by atoms with Crippen LogP contribution in [0.3, 0.4) is 0 Å². The molecule has 0 aromatic heterocycles. The molecule has 0 aliphatic heterocycles. The van der Waals surface area contributed by atoms with Crippen LogP contribution in [0.15, 0.2) is 45.7 Å². The predicted molar refractivity (Wildman–Crippen MR) is 124 cm³/mol. The molecule has 1 fully saturated rings. The Labute approximate surface area is 186 Å². The molecule has 7 heteroatoms. The van der Waals surface area contributed by atoms with Gasteiger partial charge in [-0.25, -0.2) is 9.35 Å². The van der Waals surface area contributed by atoms with Crippen molar-refractivity contribution >= 4 is 9.92 Å². The number of nitriles is 1. The van der Waals surface area contributed by atoms with Gasteiger partial charge in [-0.3, -0.25) is 0 Å². The number of aliphatic hydroxyl groups excluding tert-OH is 1. The van der Waals surface area contributed by atoms with Gasteiger partial charge in [0.25, 0.3) is 0 Å². The van der Waals surface area contributed by atoms with Crippen LogP contribution >= 0.6 is 0 Å². The van der Waals surface area contributed by atoms with E-state index in [1.807, 2.05) is 43.3 Å². The molecule has 0 amide bonds. The van der Waals surface area contributed by atoms with Crippen LogP contribution in [-0.2, 0) is 22.9 Å². The summed E-state index contributed by atoms with van der Waals surface area (Å²) in [5, 5.41) is 26.2. The molecule has 1 saturated carbocycles. The molecular weight excluding hydrogens is 408 g/mol. The summed E-state index contributed by atoms with van der Waals surface area (Å²) in [4.78, 5) is 2.45. The van der Waals surface area contributed by atoms with Crippen molar-refractivity contribution in [2.24, 2.45) is 9.50 Å². The van der Waals surface area contributed by atoms with Gasteiger partial charge in [-0.15, -0.1) is 0 Å². The molecule has 2 atom stereocenters. The zero-order valence-corrected chi connectivity index (χ0v) is 19.5. The number of hydrogen-bond donors (Lipinski definition) is 2. The molecule has 1 aliphatic rings. The lowest BCUT2D eigenvalue weighted by Gasteiger charge is -2.20. The molecule has 2 unspecified atom stereocenters. The molecule has 0 bridgehead atoms. The third kappa shape index (κ3) is 5.92. The Morgan fingerprint density at radius 2 is 1.90 bits per heavy atom. The Kier molecular flexibility index (Phi) is 7.17. The molecule has 1 aliphatic carbocycles. The molecule has 0 saturated heterocycles. The zero-order chi connectivity index (χ0) is 22.8. The van der Waals surface area contributed by atoms with Crippen molar-refractivity contribution in [3.05, 3.63) is 64.2 Å². The van der Waals surface area contributed by atoms with E-state index in [0.29, 0.717) is 16.4 Å². The number of hydrogen-bond acceptors (Lipinski definition) is 5. The molecular formula is C24H32N4O2S. The van der Waals surface area contributed by atoms with Crippen LogP contribution in [0.4, 0.5) is 0 Å². The van der Waals surface area contributed by atoms with E-state index in [-0.39, 0.29) is 12.3 Å². The lowest BCUT2D eigenvalue weighted by atomic mass is 9.87. The molecule has 3 N–H and O–H groups in total. The first-order valence-electron chi connectivity index (χ1n) is 10.6. The van der Waals surface area contributed by atoms with Gasteiger partial charge in [-0.1, -0.05) is 26.0 Å². The van der Waals surface area contributed by atoms with Crippen molar-refractivity contribution in [1.82, 2.24) is 4.90 Å². The molecule has 0 spiro atoms. The maximum absolute atomic E-state index is 13.1. The molecule has 0 radical (unpaired) electrons. The highest BCUT2D eigenvalue weighted by molar-refractivity contribution is 7.91. The van der Waals surface area contributed by atoms with Gasteiger partial charge in [-0.05, 0) is 85.3 Å². The first-order valence-corrected chi connectivity index (χ1v) is 12.2. The summed E-state index contributed by atoms with van der Waals surface area (Å²) < 4.78 is 17.2. The van der Waals surface area contributed by atoms with E-state index in [2.05, 4.69) is 24.3 Å². The lowest BCUT2D eigenvalue weighted by Crippen LogP contribution is -2.20. The van der Waals surface area contributed by atoms with Crippen molar-refractivity contribution in [3.8, 4) is 6.07 Å². The minimum absolute atomic E-state index is 0.194. The summed E-state index contributed by atoms with van der Waals surface area (Å²) in [5.41, 5.74) is 4.86. The van der Waals surface area contributed by atoms with Gasteiger partial charge < -0.3 is 10.0 Å². The highest BCUT2D eigenvalue weighted by atomic mass is 32.2. The van der Waals surface area contributed by atoms with Gasteiger partial charge in [0.1, 0.15) is 9.92 Å². The van der Waals surface area contributed by atoms with Gasteiger partial charge in [-0.2, -0.15) is 9.62 Å². The average Bonchev–Trinajstić information content (AvgIpc) is 3.52. The van der Waals surface area contributed by atoms with Crippen molar-refractivity contribution in [2.75, 3.05) is 14.1 Å². The van der Waals surface area contributed by atoms with Gasteiger partial charge in [0.2, 0.25) is 0 Å². The highest BCUT2D eigenvalue weighted by Gasteiger charge is 2.29.